The van der Waals surface area contributed by atoms with Crippen LogP contribution in [0.5, 0.6) is 5.75 Å². The highest BCUT2D eigenvalue weighted by Crippen LogP contribution is 2.37. The van der Waals surface area contributed by atoms with Crippen LogP contribution in [-0.2, 0) is 14.3 Å². The van der Waals surface area contributed by atoms with E-state index in [4.69, 9.17) is 20.9 Å². The molecule has 0 fully saturated rings. The Hall–Kier alpha value is -7.87. The van der Waals surface area contributed by atoms with Gasteiger partial charge in [0.25, 0.3) is 0 Å². The number of fused-ring (bicyclic) bond motifs is 1. The van der Waals surface area contributed by atoms with E-state index < -0.39 is 5.97 Å². The number of benzene rings is 6. The van der Waals surface area contributed by atoms with Crippen LogP contribution in [-0.4, -0.2) is 64.8 Å². The number of amides is 1. The topological polar surface area (TPSA) is 144 Å². The number of carbonyl (C=O) groups is 3. The Morgan fingerprint density at radius 2 is 1.32 bits per heavy atom. The van der Waals surface area contributed by atoms with Crippen molar-refractivity contribution in [2.75, 3.05) is 30.1 Å². The number of hydrazone groups is 2. The number of ether oxygens (including phenoxy) is 2. The van der Waals surface area contributed by atoms with Gasteiger partial charge in [-0.2, -0.15) is 35.5 Å². The van der Waals surface area contributed by atoms with Crippen LogP contribution in [0, 0.1) is 13.8 Å². The van der Waals surface area contributed by atoms with Crippen molar-refractivity contribution in [3.05, 3.63) is 180 Å². The Balaban J connectivity index is 1.17. The number of anilines is 1. The molecule has 71 heavy (non-hydrogen) atoms. The van der Waals surface area contributed by atoms with E-state index in [-0.39, 0.29) is 30.8 Å². The Morgan fingerprint density at radius 3 is 1.99 bits per heavy atom. The first-order chi connectivity index (χ1) is 35.0. The Labute approximate surface area is 425 Å². The number of carbonyl (C=O) groups excluding carboxylic acids is 3. The summed E-state index contributed by atoms with van der Waals surface area (Å²) in [7, 11) is 0. The number of rotatable bonds is 19. The Kier molecular flexibility index (Phi) is 16.0. The summed E-state index contributed by atoms with van der Waals surface area (Å²) in [6.07, 6.45) is 5.34. The van der Waals surface area contributed by atoms with Gasteiger partial charge >= 0.3 is 5.97 Å². The van der Waals surface area contributed by atoms with Crippen LogP contribution in [0.25, 0.3) is 66.5 Å². The van der Waals surface area contributed by atoms with Crippen LogP contribution in [0.2, 0.25) is 0 Å². The van der Waals surface area contributed by atoms with Crippen molar-refractivity contribution in [1.82, 2.24) is 15.4 Å². The number of pyridine rings is 2. The molecule has 8 rings (SSSR count). The molecule has 13 heteroatoms. The van der Waals surface area contributed by atoms with Crippen LogP contribution < -0.4 is 15.6 Å². The summed E-state index contributed by atoms with van der Waals surface area (Å²) < 4.78 is 19.9. The molecule has 0 atom stereocenters. The van der Waals surface area contributed by atoms with Crippen molar-refractivity contribution in [1.29, 1.82) is 0 Å². The fourth-order valence-corrected chi connectivity index (χ4v) is 8.42. The minimum atomic E-state index is -0.644. The zero-order chi connectivity index (χ0) is 50.6. The third-order valence-corrected chi connectivity index (χ3v) is 12.2. The van der Waals surface area contributed by atoms with Crippen molar-refractivity contribution in [2.45, 2.75) is 33.6 Å². The quantitative estimate of drug-likeness (QED) is 0.0157. The number of nitrogens with one attached hydrogen (secondary N) is 2. The highest BCUT2D eigenvalue weighted by atomic mass is 32.1. The minimum absolute atomic E-state index is 0.0134. The molecule has 6 aromatic carbocycles. The van der Waals surface area contributed by atoms with E-state index in [2.05, 4.69) is 89.5 Å². The lowest BCUT2D eigenvalue weighted by molar-refractivity contribution is -0.135. The minimum Gasteiger partial charge on any atom is -0.494 e. The van der Waals surface area contributed by atoms with Gasteiger partial charge in [-0.1, -0.05) is 91.0 Å². The van der Waals surface area contributed by atoms with E-state index in [1.54, 1.807) is 31.3 Å². The van der Waals surface area contributed by atoms with Crippen molar-refractivity contribution in [2.24, 2.45) is 10.2 Å². The van der Waals surface area contributed by atoms with E-state index in [9.17, 15) is 14.4 Å². The van der Waals surface area contributed by atoms with Crippen LogP contribution >= 0.6 is 25.3 Å². The van der Waals surface area contributed by atoms with Gasteiger partial charge < -0.3 is 9.47 Å². The van der Waals surface area contributed by atoms with Gasteiger partial charge in [-0.3, -0.25) is 25.0 Å². The summed E-state index contributed by atoms with van der Waals surface area (Å²) in [5.74, 6) is 0.911. The molecule has 0 bridgehead atoms. The maximum atomic E-state index is 13.6. The molecular weight excluding hydrogens is 925 g/mol. The van der Waals surface area contributed by atoms with Crippen LogP contribution in [0.3, 0.4) is 0 Å². The SMILES string of the molecule is [2H]/C(=N\NC(=O)CCS)c1cccc(-c2ccc(-c3cc(N/N=C(/C(=O)OCC)c4ccc(-c5cccc(OCCCS)c5)cn4)c4ncc(-c5ccc(-c6cccc(C=O)c6)cc5C)cc4c3)c(C)c2)c1. The molecule has 11 nitrogen and oxygen atoms in total. The normalized spacial score (nSPS) is 11.8. The molecule has 356 valence electrons. The molecule has 0 saturated carbocycles. The zero-order valence-corrected chi connectivity index (χ0v) is 41.3. The third kappa shape index (κ3) is 12.3. The summed E-state index contributed by atoms with van der Waals surface area (Å²) in [6, 6.07) is 44.9. The molecule has 0 saturated heterocycles. The summed E-state index contributed by atoms with van der Waals surface area (Å²) in [5, 5.41) is 9.49. The Morgan fingerprint density at radius 1 is 0.690 bits per heavy atom. The summed E-state index contributed by atoms with van der Waals surface area (Å²) in [4.78, 5) is 46.8. The summed E-state index contributed by atoms with van der Waals surface area (Å²) >= 11 is 8.37. The van der Waals surface area contributed by atoms with Crippen molar-refractivity contribution in [3.8, 4) is 61.4 Å². The number of aryl methyl sites for hydroxylation is 2. The average molecular weight is 978 g/mol. The molecule has 0 spiro atoms. The molecule has 8 aromatic rings. The standard InChI is InChI=1S/C58H52N6O5S2/c1-4-68-58(67)57(53-20-17-46(34-59-53)43-13-7-14-50(31-43)69-22-8-23-70)64-62-54-32-47(51-18-15-44(25-37(51)2)41-11-5-9-39(27-41)33-61-63-55(66)21-24-71)29-48-30-49(35-60-56(48)54)52-19-16-45(26-38(52)3)42-12-6-10-40(28-42)36-65/h5-7,9-20,25-36,62,70-71H,4,8,21-24H2,1-3H3,(H,63,66)/b61-33+,64-57+/i33D. The number of aromatic nitrogens is 2. The van der Waals surface area contributed by atoms with E-state index in [0.717, 1.165) is 96.4 Å². The molecule has 2 aromatic heterocycles. The van der Waals surface area contributed by atoms with Gasteiger partial charge in [-0.05, 0) is 148 Å². The second-order valence-corrected chi connectivity index (χ2v) is 17.5. The van der Waals surface area contributed by atoms with E-state index in [0.29, 0.717) is 40.4 Å². The molecule has 0 unspecified atom stereocenters. The lowest BCUT2D eigenvalue weighted by Gasteiger charge is -2.15. The number of nitrogens with zero attached hydrogens (tertiary/aromatic N) is 4. The smallest absolute Gasteiger partial charge is 0.361 e. The van der Waals surface area contributed by atoms with Gasteiger partial charge in [0.05, 0.1) is 37.7 Å². The van der Waals surface area contributed by atoms with Gasteiger partial charge in [-0.15, -0.1) is 0 Å². The molecule has 0 aliphatic carbocycles. The van der Waals surface area contributed by atoms with Crippen molar-refractivity contribution in [3.63, 3.8) is 0 Å². The number of thiol groups is 2. The van der Waals surface area contributed by atoms with Crippen LogP contribution in [0.1, 0.15) is 53.9 Å². The highest BCUT2D eigenvalue weighted by Gasteiger charge is 2.19. The van der Waals surface area contributed by atoms with Crippen LogP contribution in [0.15, 0.2) is 162 Å². The van der Waals surface area contributed by atoms with E-state index in [1.807, 2.05) is 98.0 Å². The average Bonchev–Trinajstić information content (AvgIpc) is 3.40. The molecule has 2 N–H and O–H groups in total. The maximum absolute atomic E-state index is 13.6. The fraction of sp³-hybridized carbons (Fsp3) is 0.155. The van der Waals surface area contributed by atoms with Gasteiger partial charge in [-0.25, -0.2) is 10.2 Å². The fourth-order valence-electron chi connectivity index (χ4n) is 8.09. The second-order valence-electron chi connectivity index (χ2n) is 16.6. The number of aldehydes is 1. The van der Waals surface area contributed by atoms with Gasteiger partial charge in [0.15, 0.2) is 5.71 Å². The largest absolute Gasteiger partial charge is 0.494 e. The lowest BCUT2D eigenvalue weighted by atomic mass is 9.93. The predicted molar refractivity (Wildman–Crippen MR) is 293 cm³/mol. The number of esters is 1. The van der Waals surface area contributed by atoms with Gasteiger partial charge in [0, 0.05) is 40.9 Å². The van der Waals surface area contributed by atoms with Crippen LogP contribution in [0.4, 0.5) is 5.69 Å². The zero-order valence-electron chi connectivity index (χ0n) is 40.5. The van der Waals surface area contributed by atoms with Gasteiger partial charge in [0.1, 0.15) is 12.0 Å². The molecular formula is C58H52N6O5S2. The molecule has 0 aliphatic rings. The molecule has 0 aliphatic heterocycles. The monoisotopic (exact) mass is 977 g/mol. The maximum Gasteiger partial charge on any atom is 0.361 e. The van der Waals surface area contributed by atoms with Crippen molar-refractivity contribution < 1.29 is 25.2 Å². The first-order valence-corrected chi connectivity index (χ1v) is 24.4. The first kappa shape index (κ1) is 48.2. The highest BCUT2D eigenvalue weighted by molar-refractivity contribution is 7.80. The lowest BCUT2D eigenvalue weighted by Crippen LogP contribution is -2.21. The summed E-state index contributed by atoms with van der Waals surface area (Å²) in [6.45, 7) is 6.53. The molecule has 1 amide bonds. The summed E-state index contributed by atoms with van der Waals surface area (Å²) in [5.41, 5.74) is 19.5. The van der Waals surface area contributed by atoms with Gasteiger partial charge in [0.2, 0.25) is 5.91 Å². The Bertz CT molecular complexity index is 3360. The third-order valence-electron chi connectivity index (χ3n) is 11.6. The van der Waals surface area contributed by atoms with E-state index >= 15 is 0 Å². The number of hydrogen-bond donors (Lipinski definition) is 4. The predicted octanol–water partition coefficient (Wildman–Crippen LogP) is 12.2. The van der Waals surface area contributed by atoms with Crippen molar-refractivity contribution >= 4 is 71.9 Å². The number of hydrogen-bond acceptors (Lipinski definition) is 12. The first-order valence-electron chi connectivity index (χ1n) is 23.6. The molecule has 2 heterocycles. The van der Waals surface area contributed by atoms with E-state index in [1.165, 1.54) is 0 Å². The molecule has 0 radical (unpaired) electrons. The second kappa shape index (κ2) is 23.6.